The molecule has 0 radical (unpaired) electrons. The van der Waals surface area contributed by atoms with Crippen LogP contribution in [-0.4, -0.2) is 41.6 Å². The van der Waals surface area contributed by atoms with E-state index in [2.05, 4.69) is 15.6 Å². The molecule has 1 aliphatic carbocycles. The van der Waals surface area contributed by atoms with Crippen molar-refractivity contribution >= 4 is 11.8 Å². The van der Waals surface area contributed by atoms with Crippen LogP contribution in [0, 0.1) is 6.92 Å². The number of piperidine rings is 1. The van der Waals surface area contributed by atoms with E-state index in [1.54, 1.807) is 6.92 Å². The smallest absolute Gasteiger partial charge is 0.273 e. The molecule has 3 fully saturated rings. The van der Waals surface area contributed by atoms with Gasteiger partial charge in [-0.05, 0) is 39.0 Å². The Morgan fingerprint density at radius 1 is 1.29 bits per heavy atom. The first-order valence-electron chi connectivity index (χ1n) is 8.81. The fourth-order valence-electron chi connectivity index (χ4n) is 3.59. The normalized spacial score (nSPS) is 30.2. The zero-order valence-electron chi connectivity index (χ0n) is 13.8. The minimum atomic E-state index is -0.229. The monoisotopic (exact) mass is 333 g/mol. The van der Waals surface area contributed by atoms with Crippen molar-refractivity contribution in [3.8, 4) is 0 Å². The van der Waals surface area contributed by atoms with Gasteiger partial charge in [-0.25, -0.2) is 4.98 Å². The van der Waals surface area contributed by atoms with Crippen LogP contribution in [-0.2, 0) is 9.53 Å². The Morgan fingerprint density at radius 2 is 2.12 bits per heavy atom. The number of amides is 2. The van der Waals surface area contributed by atoms with Gasteiger partial charge in [0.1, 0.15) is 5.76 Å². The highest BCUT2D eigenvalue weighted by atomic mass is 16.5. The molecular weight excluding hydrogens is 310 g/mol. The van der Waals surface area contributed by atoms with E-state index in [-0.39, 0.29) is 30.0 Å². The van der Waals surface area contributed by atoms with Crippen molar-refractivity contribution in [2.45, 2.75) is 69.6 Å². The minimum absolute atomic E-state index is 0.0228. The molecule has 0 aromatic carbocycles. The van der Waals surface area contributed by atoms with E-state index >= 15 is 0 Å². The number of carbonyl (C=O) groups excluding carboxylic acids is 2. The summed E-state index contributed by atoms with van der Waals surface area (Å²) in [6.07, 6.45) is 5.07. The highest BCUT2D eigenvalue weighted by Crippen LogP contribution is 2.40. The maximum absolute atomic E-state index is 12.6. The predicted octanol–water partition coefficient (Wildman–Crippen LogP) is 1.42. The number of hydrogen-bond donors (Lipinski definition) is 2. The topological polar surface area (TPSA) is 93.5 Å². The van der Waals surface area contributed by atoms with Gasteiger partial charge in [0.2, 0.25) is 5.91 Å². The molecule has 2 amide bonds. The zero-order valence-corrected chi connectivity index (χ0v) is 13.8. The van der Waals surface area contributed by atoms with Crippen molar-refractivity contribution in [2.75, 3.05) is 6.61 Å². The van der Waals surface area contributed by atoms with Gasteiger partial charge in [-0.2, -0.15) is 0 Å². The predicted molar refractivity (Wildman–Crippen MR) is 84.6 cm³/mol. The van der Waals surface area contributed by atoms with Gasteiger partial charge in [-0.15, -0.1) is 0 Å². The molecule has 0 bridgehead atoms. The largest absolute Gasteiger partial charge is 0.445 e. The molecule has 1 aromatic heterocycles. The van der Waals surface area contributed by atoms with Crippen molar-refractivity contribution in [2.24, 2.45) is 0 Å². The third kappa shape index (κ3) is 3.05. The molecule has 3 atom stereocenters. The number of oxazole rings is 1. The molecule has 2 aliphatic heterocycles. The third-order valence-electron chi connectivity index (χ3n) is 5.08. The lowest BCUT2D eigenvalue weighted by Crippen LogP contribution is -2.60. The molecule has 1 aromatic rings. The van der Waals surface area contributed by atoms with Crippen molar-refractivity contribution in [3.05, 3.63) is 17.3 Å². The number of rotatable bonds is 4. The average molecular weight is 333 g/mol. The van der Waals surface area contributed by atoms with Crippen molar-refractivity contribution in [1.29, 1.82) is 0 Å². The Bertz CT molecular complexity index is 646. The van der Waals surface area contributed by atoms with Crippen LogP contribution in [0.2, 0.25) is 0 Å². The van der Waals surface area contributed by atoms with Gasteiger partial charge >= 0.3 is 0 Å². The summed E-state index contributed by atoms with van der Waals surface area (Å²) in [4.78, 5) is 28.8. The number of aromatic nitrogens is 1. The lowest BCUT2D eigenvalue weighted by atomic mass is 9.92. The molecule has 130 valence electrons. The van der Waals surface area contributed by atoms with E-state index in [0.717, 1.165) is 25.7 Å². The van der Waals surface area contributed by atoms with Crippen LogP contribution in [0.4, 0.5) is 0 Å². The summed E-state index contributed by atoms with van der Waals surface area (Å²) < 4.78 is 11.4. The molecule has 2 N–H and O–H groups in total. The third-order valence-corrected chi connectivity index (χ3v) is 5.08. The second kappa shape index (κ2) is 6.20. The number of ether oxygens (including phenoxy) is 1. The Hall–Kier alpha value is -1.89. The zero-order chi connectivity index (χ0) is 16.7. The number of nitrogens with zero attached hydrogens (tertiary/aromatic N) is 1. The summed E-state index contributed by atoms with van der Waals surface area (Å²) >= 11 is 0. The SMILES string of the molecule is Cc1oc(C2CC2)nc1C(=O)N[C@H]1CCC(=O)N[C@@H]1C1CCCO1. The van der Waals surface area contributed by atoms with Gasteiger partial charge in [-0.3, -0.25) is 9.59 Å². The van der Waals surface area contributed by atoms with Crippen molar-refractivity contribution < 1.29 is 18.7 Å². The van der Waals surface area contributed by atoms with Crippen LogP contribution in [0.1, 0.15) is 66.6 Å². The Labute approximate surface area is 140 Å². The number of carbonyl (C=O) groups is 2. The molecular formula is C17H23N3O4. The van der Waals surface area contributed by atoms with Gasteiger partial charge in [-0.1, -0.05) is 0 Å². The quantitative estimate of drug-likeness (QED) is 0.869. The first kappa shape index (κ1) is 15.6. The van der Waals surface area contributed by atoms with Gasteiger partial charge in [0, 0.05) is 18.9 Å². The number of hydrogen-bond acceptors (Lipinski definition) is 5. The summed E-state index contributed by atoms with van der Waals surface area (Å²) in [5, 5.41) is 6.03. The number of aryl methyl sites for hydroxylation is 1. The Morgan fingerprint density at radius 3 is 2.83 bits per heavy atom. The fraction of sp³-hybridized carbons (Fsp3) is 0.706. The molecule has 3 aliphatic rings. The molecule has 0 spiro atoms. The minimum Gasteiger partial charge on any atom is -0.445 e. The summed E-state index contributed by atoms with van der Waals surface area (Å²) in [5.74, 6) is 1.40. The van der Waals surface area contributed by atoms with E-state index in [9.17, 15) is 9.59 Å². The highest BCUT2D eigenvalue weighted by Gasteiger charge is 2.38. The van der Waals surface area contributed by atoms with E-state index in [4.69, 9.17) is 9.15 Å². The van der Waals surface area contributed by atoms with Crippen molar-refractivity contribution in [3.63, 3.8) is 0 Å². The summed E-state index contributed by atoms with van der Waals surface area (Å²) in [7, 11) is 0. The molecule has 7 nitrogen and oxygen atoms in total. The number of nitrogens with one attached hydrogen (secondary N) is 2. The second-order valence-electron chi connectivity index (χ2n) is 6.99. The van der Waals surface area contributed by atoms with Crippen molar-refractivity contribution in [1.82, 2.24) is 15.6 Å². The van der Waals surface area contributed by atoms with Crippen LogP contribution in [0.15, 0.2) is 4.42 Å². The molecule has 4 rings (SSSR count). The maximum Gasteiger partial charge on any atom is 0.273 e. The fourth-order valence-corrected chi connectivity index (χ4v) is 3.59. The Kier molecular flexibility index (Phi) is 4.04. The van der Waals surface area contributed by atoms with E-state index in [1.165, 1.54) is 0 Å². The average Bonchev–Trinajstić information content (AvgIpc) is 3.12. The summed E-state index contributed by atoms with van der Waals surface area (Å²) in [6.45, 7) is 2.48. The standard InChI is InChI=1S/C17H23N3O4/c1-9-14(20-17(24-9)10-4-5-10)16(22)18-11-6-7-13(21)19-15(11)12-3-2-8-23-12/h10-12,15H,2-8H2,1H3,(H,18,22)(H,19,21)/t11-,12?,15-/m0/s1. The van der Waals surface area contributed by atoms with E-state index in [0.29, 0.717) is 42.7 Å². The van der Waals surface area contributed by atoms with Gasteiger partial charge in [0.05, 0.1) is 18.2 Å². The van der Waals surface area contributed by atoms with Gasteiger partial charge < -0.3 is 19.8 Å². The van der Waals surface area contributed by atoms with Gasteiger partial charge in [0.15, 0.2) is 11.6 Å². The van der Waals surface area contributed by atoms with Crippen LogP contribution >= 0.6 is 0 Å². The molecule has 1 unspecified atom stereocenters. The van der Waals surface area contributed by atoms with Crippen LogP contribution in [0.25, 0.3) is 0 Å². The Balaban J connectivity index is 1.47. The van der Waals surface area contributed by atoms with E-state index in [1.807, 2.05) is 0 Å². The van der Waals surface area contributed by atoms with Crippen LogP contribution in [0.3, 0.4) is 0 Å². The molecule has 2 saturated heterocycles. The van der Waals surface area contributed by atoms with Gasteiger partial charge in [0.25, 0.3) is 5.91 Å². The lowest BCUT2D eigenvalue weighted by molar-refractivity contribution is -0.125. The highest BCUT2D eigenvalue weighted by molar-refractivity contribution is 5.93. The molecule has 1 saturated carbocycles. The summed E-state index contributed by atoms with van der Waals surface area (Å²) in [6, 6.07) is -0.313. The summed E-state index contributed by atoms with van der Waals surface area (Å²) in [5.41, 5.74) is 0.361. The second-order valence-corrected chi connectivity index (χ2v) is 6.99. The molecule has 3 heterocycles. The first-order chi connectivity index (χ1) is 11.6. The maximum atomic E-state index is 12.6. The lowest BCUT2D eigenvalue weighted by Gasteiger charge is -2.35. The first-order valence-corrected chi connectivity index (χ1v) is 8.81. The molecule has 7 heteroatoms. The molecule has 24 heavy (non-hydrogen) atoms. The van der Waals surface area contributed by atoms with Crippen LogP contribution < -0.4 is 10.6 Å². The van der Waals surface area contributed by atoms with Crippen LogP contribution in [0.5, 0.6) is 0 Å². The van der Waals surface area contributed by atoms with E-state index < -0.39 is 0 Å².